The van der Waals surface area contributed by atoms with Gasteiger partial charge in [0.05, 0.1) is 24.3 Å². The van der Waals surface area contributed by atoms with Gasteiger partial charge in [-0.05, 0) is 25.0 Å². The van der Waals surface area contributed by atoms with E-state index in [1.807, 2.05) is 0 Å². The molecule has 2 saturated heterocycles. The molecular formula is C16H21N3O5. The summed E-state index contributed by atoms with van der Waals surface area (Å²) in [5.74, 6) is -1.12. The van der Waals surface area contributed by atoms with Crippen molar-refractivity contribution in [3.8, 4) is 0 Å². The minimum absolute atomic E-state index is 0.0382. The van der Waals surface area contributed by atoms with E-state index in [1.54, 1.807) is 35.2 Å². The average Bonchev–Trinajstić information content (AvgIpc) is 3.17. The molecule has 3 heterocycles. The smallest absolute Gasteiger partial charge is 0.317 e. The van der Waals surface area contributed by atoms with Crippen LogP contribution in [0.5, 0.6) is 0 Å². The quantitative estimate of drug-likeness (QED) is 0.854. The van der Waals surface area contributed by atoms with Crippen molar-refractivity contribution in [2.45, 2.75) is 31.3 Å². The maximum atomic E-state index is 12.2. The van der Waals surface area contributed by atoms with Gasteiger partial charge in [0.1, 0.15) is 5.76 Å². The molecule has 8 heteroatoms. The standard InChI is InChI=1S/C16H21N3O5/c1-18-13(20)9-12(14(21)22)16(18)4-6-19(7-5-16)15(23)17-10-11-3-2-8-24-11/h2-3,8,12H,4-7,9-10H2,1H3,(H,17,23)(H,21,22)/t12-/m0/s1. The van der Waals surface area contributed by atoms with Crippen LogP contribution in [0, 0.1) is 5.92 Å². The predicted molar refractivity (Wildman–Crippen MR) is 83.0 cm³/mol. The van der Waals surface area contributed by atoms with E-state index in [2.05, 4.69) is 5.32 Å². The van der Waals surface area contributed by atoms with Crippen molar-refractivity contribution in [1.29, 1.82) is 0 Å². The molecule has 3 amide bonds. The Bertz CT molecular complexity index is 634. The first-order valence-corrected chi connectivity index (χ1v) is 7.99. The van der Waals surface area contributed by atoms with Gasteiger partial charge in [0, 0.05) is 26.6 Å². The van der Waals surface area contributed by atoms with Gasteiger partial charge in [-0.3, -0.25) is 9.59 Å². The van der Waals surface area contributed by atoms with Crippen LogP contribution in [0.4, 0.5) is 4.79 Å². The number of rotatable bonds is 3. The van der Waals surface area contributed by atoms with Crippen LogP contribution in [0.15, 0.2) is 22.8 Å². The number of aliphatic carboxylic acids is 1. The van der Waals surface area contributed by atoms with Crippen LogP contribution in [0.25, 0.3) is 0 Å². The zero-order valence-corrected chi connectivity index (χ0v) is 13.5. The van der Waals surface area contributed by atoms with E-state index in [0.29, 0.717) is 38.2 Å². The summed E-state index contributed by atoms with van der Waals surface area (Å²) in [6.45, 7) is 1.15. The fraction of sp³-hybridized carbons (Fsp3) is 0.562. The third kappa shape index (κ3) is 2.72. The highest BCUT2D eigenvalue weighted by atomic mass is 16.4. The maximum Gasteiger partial charge on any atom is 0.317 e. The fourth-order valence-corrected chi connectivity index (χ4v) is 3.77. The van der Waals surface area contributed by atoms with Crippen LogP contribution in [0.3, 0.4) is 0 Å². The number of furan rings is 1. The van der Waals surface area contributed by atoms with Crippen molar-refractivity contribution < 1.29 is 23.9 Å². The topological polar surface area (TPSA) is 103 Å². The summed E-state index contributed by atoms with van der Waals surface area (Å²) >= 11 is 0. The Morgan fingerprint density at radius 1 is 1.42 bits per heavy atom. The van der Waals surface area contributed by atoms with Crippen molar-refractivity contribution in [2.75, 3.05) is 20.1 Å². The number of carbonyl (C=O) groups excluding carboxylic acids is 2. The van der Waals surface area contributed by atoms with Gasteiger partial charge in [-0.25, -0.2) is 4.79 Å². The Morgan fingerprint density at radius 3 is 2.71 bits per heavy atom. The molecule has 1 aromatic heterocycles. The van der Waals surface area contributed by atoms with E-state index in [1.165, 1.54) is 0 Å². The predicted octanol–water partition coefficient (Wildman–Crippen LogP) is 0.887. The molecule has 130 valence electrons. The summed E-state index contributed by atoms with van der Waals surface area (Å²) in [5.41, 5.74) is -0.680. The molecular weight excluding hydrogens is 314 g/mol. The van der Waals surface area contributed by atoms with Crippen molar-refractivity contribution in [3.63, 3.8) is 0 Å². The summed E-state index contributed by atoms with van der Waals surface area (Å²) in [4.78, 5) is 39.0. The van der Waals surface area contributed by atoms with E-state index >= 15 is 0 Å². The molecule has 2 N–H and O–H groups in total. The molecule has 0 aromatic carbocycles. The molecule has 1 atom stereocenters. The Hall–Kier alpha value is -2.51. The van der Waals surface area contributed by atoms with Crippen LogP contribution < -0.4 is 5.32 Å². The van der Waals surface area contributed by atoms with Gasteiger partial charge in [-0.1, -0.05) is 0 Å². The Morgan fingerprint density at radius 2 is 2.12 bits per heavy atom. The second-order valence-electron chi connectivity index (χ2n) is 6.38. The van der Waals surface area contributed by atoms with Crippen LogP contribution in [-0.4, -0.2) is 58.5 Å². The largest absolute Gasteiger partial charge is 0.481 e. The third-order valence-electron chi connectivity index (χ3n) is 5.28. The van der Waals surface area contributed by atoms with Crippen LogP contribution >= 0.6 is 0 Å². The average molecular weight is 335 g/mol. The zero-order chi connectivity index (χ0) is 17.3. The molecule has 24 heavy (non-hydrogen) atoms. The fourth-order valence-electron chi connectivity index (χ4n) is 3.77. The van der Waals surface area contributed by atoms with Gasteiger partial charge < -0.3 is 24.6 Å². The number of carboxylic acid groups (broad SMARTS) is 1. The molecule has 8 nitrogen and oxygen atoms in total. The second-order valence-corrected chi connectivity index (χ2v) is 6.38. The number of nitrogens with one attached hydrogen (secondary N) is 1. The van der Waals surface area contributed by atoms with E-state index < -0.39 is 17.4 Å². The molecule has 0 radical (unpaired) electrons. The van der Waals surface area contributed by atoms with E-state index in [0.717, 1.165) is 0 Å². The number of piperidine rings is 1. The number of nitrogens with zero attached hydrogens (tertiary/aromatic N) is 2. The van der Waals surface area contributed by atoms with E-state index in [4.69, 9.17) is 4.42 Å². The lowest BCUT2D eigenvalue weighted by Crippen LogP contribution is -2.58. The number of urea groups is 1. The summed E-state index contributed by atoms with van der Waals surface area (Å²) in [5, 5.41) is 12.2. The van der Waals surface area contributed by atoms with Crippen molar-refractivity contribution in [3.05, 3.63) is 24.2 Å². The van der Waals surface area contributed by atoms with Crippen LogP contribution in [0.2, 0.25) is 0 Å². The highest BCUT2D eigenvalue weighted by Gasteiger charge is 2.55. The highest BCUT2D eigenvalue weighted by Crippen LogP contribution is 2.42. The van der Waals surface area contributed by atoms with Gasteiger partial charge in [0.2, 0.25) is 5.91 Å². The van der Waals surface area contributed by atoms with Crippen molar-refractivity contribution in [1.82, 2.24) is 15.1 Å². The van der Waals surface area contributed by atoms with Gasteiger partial charge in [-0.2, -0.15) is 0 Å². The first kappa shape index (κ1) is 16.4. The molecule has 0 unspecified atom stereocenters. The number of carbonyl (C=O) groups is 3. The number of likely N-dealkylation sites (tertiary alicyclic amines) is 2. The van der Waals surface area contributed by atoms with Crippen molar-refractivity contribution in [2.24, 2.45) is 5.92 Å². The van der Waals surface area contributed by atoms with E-state index in [9.17, 15) is 19.5 Å². The molecule has 2 aliphatic rings. The number of hydrogen-bond acceptors (Lipinski definition) is 4. The summed E-state index contributed by atoms with van der Waals surface area (Å²) in [6.07, 6.45) is 2.53. The zero-order valence-electron chi connectivity index (χ0n) is 13.5. The van der Waals surface area contributed by atoms with Gasteiger partial charge in [0.25, 0.3) is 0 Å². The molecule has 2 fully saturated rings. The first-order valence-electron chi connectivity index (χ1n) is 7.99. The third-order valence-corrected chi connectivity index (χ3v) is 5.28. The monoisotopic (exact) mass is 335 g/mol. The number of amides is 3. The first-order chi connectivity index (χ1) is 11.4. The molecule has 1 aromatic rings. The minimum Gasteiger partial charge on any atom is -0.481 e. The summed E-state index contributed by atoms with van der Waals surface area (Å²) < 4.78 is 5.17. The van der Waals surface area contributed by atoms with Gasteiger partial charge in [-0.15, -0.1) is 0 Å². The van der Waals surface area contributed by atoms with Crippen LogP contribution in [-0.2, 0) is 16.1 Å². The second kappa shape index (κ2) is 6.18. The highest BCUT2D eigenvalue weighted by molar-refractivity contribution is 5.88. The summed E-state index contributed by atoms with van der Waals surface area (Å²) in [7, 11) is 1.66. The van der Waals surface area contributed by atoms with E-state index in [-0.39, 0.29) is 18.4 Å². The minimum atomic E-state index is -0.941. The lowest BCUT2D eigenvalue weighted by atomic mass is 9.77. The number of hydrogen-bond donors (Lipinski definition) is 2. The molecule has 0 bridgehead atoms. The molecule has 0 saturated carbocycles. The number of carboxylic acids is 1. The Kier molecular flexibility index (Phi) is 4.21. The maximum absolute atomic E-state index is 12.2. The molecule has 2 aliphatic heterocycles. The molecule has 0 aliphatic carbocycles. The van der Waals surface area contributed by atoms with Gasteiger partial charge >= 0.3 is 12.0 Å². The lowest BCUT2D eigenvalue weighted by Gasteiger charge is -2.45. The van der Waals surface area contributed by atoms with Gasteiger partial charge in [0.15, 0.2) is 0 Å². The SMILES string of the molecule is CN1C(=O)C[C@@H](C(=O)O)C12CCN(C(=O)NCc1ccco1)CC2. The normalized spacial score (nSPS) is 22.9. The van der Waals surface area contributed by atoms with Crippen LogP contribution in [0.1, 0.15) is 25.0 Å². The Balaban J connectivity index is 1.61. The Labute approximate surface area is 139 Å². The van der Waals surface area contributed by atoms with Crippen molar-refractivity contribution >= 4 is 17.9 Å². The molecule has 1 spiro atoms. The molecule has 3 rings (SSSR count). The lowest BCUT2D eigenvalue weighted by molar-refractivity contribution is -0.145. The summed E-state index contributed by atoms with van der Waals surface area (Å²) in [6, 6.07) is 3.33.